The Morgan fingerprint density at radius 3 is 2.20 bits per heavy atom. The fourth-order valence-corrected chi connectivity index (χ4v) is 5.08. The number of nitrogens with one attached hydrogen (secondary N) is 1. The Labute approximate surface area is 241 Å². The Bertz CT molecular complexity index is 1460. The van der Waals surface area contributed by atoms with Crippen molar-refractivity contribution in [3.8, 4) is 0 Å². The van der Waals surface area contributed by atoms with Gasteiger partial charge < -0.3 is 10.2 Å². The van der Waals surface area contributed by atoms with Crippen LogP contribution in [0.5, 0.6) is 0 Å². The third-order valence-corrected chi connectivity index (χ3v) is 7.58. The second kappa shape index (κ2) is 13.9. The van der Waals surface area contributed by atoms with E-state index in [2.05, 4.69) is 5.32 Å². The molecule has 0 aliphatic heterocycles. The van der Waals surface area contributed by atoms with Crippen LogP contribution in [0.4, 0.5) is 11.4 Å². The molecular formula is C30H36N4O6S. The van der Waals surface area contributed by atoms with Crippen LogP contribution in [0.2, 0.25) is 0 Å². The first-order valence-electron chi connectivity index (χ1n) is 13.2. The lowest BCUT2D eigenvalue weighted by Gasteiger charge is -2.33. The standard InChI is InChI=1S/C30H36N4O6S/c1-22(2)19-31-30(36)28(17-24-9-6-5-7-10-24)32(20-25-15-13-23(3)14-16-25)29(35)21-33(41(4,39)40)26-11-8-12-27(18-26)34(37)38/h5-16,18,22,28H,17,19-21H2,1-4H3,(H,31,36). The number of rotatable bonds is 13. The molecule has 1 unspecified atom stereocenters. The molecule has 0 spiro atoms. The van der Waals surface area contributed by atoms with Crippen LogP contribution in [0.15, 0.2) is 78.9 Å². The average Bonchev–Trinajstić information content (AvgIpc) is 2.93. The van der Waals surface area contributed by atoms with Gasteiger partial charge in [-0.1, -0.05) is 80.1 Å². The number of nitrogens with zero attached hydrogens (tertiary/aromatic N) is 3. The molecule has 41 heavy (non-hydrogen) atoms. The van der Waals surface area contributed by atoms with Gasteiger partial charge in [0, 0.05) is 31.6 Å². The Kier molecular flexibility index (Phi) is 10.6. The highest BCUT2D eigenvalue weighted by Crippen LogP contribution is 2.24. The highest BCUT2D eigenvalue weighted by molar-refractivity contribution is 7.92. The maximum atomic E-state index is 14.0. The van der Waals surface area contributed by atoms with E-state index in [9.17, 15) is 28.1 Å². The second-order valence-electron chi connectivity index (χ2n) is 10.4. The zero-order valence-corrected chi connectivity index (χ0v) is 24.5. The fourth-order valence-electron chi connectivity index (χ4n) is 4.24. The zero-order valence-electron chi connectivity index (χ0n) is 23.7. The minimum absolute atomic E-state index is 0.0193. The lowest BCUT2D eigenvalue weighted by molar-refractivity contribution is -0.384. The summed E-state index contributed by atoms with van der Waals surface area (Å²) < 4.78 is 26.5. The number of nitro benzene ring substituents is 1. The quantitative estimate of drug-likeness (QED) is 0.240. The number of hydrogen-bond acceptors (Lipinski definition) is 6. The molecule has 1 N–H and O–H groups in total. The molecule has 1 atom stereocenters. The smallest absolute Gasteiger partial charge is 0.271 e. The second-order valence-corrected chi connectivity index (χ2v) is 12.3. The minimum Gasteiger partial charge on any atom is -0.354 e. The van der Waals surface area contributed by atoms with E-state index in [1.807, 2.05) is 75.4 Å². The summed E-state index contributed by atoms with van der Waals surface area (Å²) in [5, 5.41) is 14.3. The highest BCUT2D eigenvalue weighted by Gasteiger charge is 2.33. The number of anilines is 1. The van der Waals surface area contributed by atoms with Crippen molar-refractivity contribution in [2.75, 3.05) is 23.7 Å². The maximum absolute atomic E-state index is 14.0. The number of carbonyl (C=O) groups excluding carboxylic acids is 2. The van der Waals surface area contributed by atoms with Crippen LogP contribution >= 0.6 is 0 Å². The minimum atomic E-state index is -4.03. The van der Waals surface area contributed by atoms with Crippen molar-refractivity contribution in [1.82, 2.24) is 10.2 Å². The molecule has 3 aromatic rings. The lowest BCUT2D eigenvalue weighted by atomic mass is 10.0. The van der Waals surface area contributed by atoms with Crippen LogP contribution < -0.4 is 9.62 Å². The SMILES string of the molecule is Cc1ccc(CN(C(=O)CN(c2cccc([N+](=O)[O-])c2)S(C)(=O)=O)C(Cc2ccccc2)C(=O)NCC(C)C)cc1. The van der Waals surface area contributed by atoms with Crippen molar-refractivity contribution in [3.05, 3.63) is 106 Å². The van der Waals surface area contributed by atoms with Crippen LogP contribution in [-0.4, -0.2) is 55.4 Å². The Morgan fingerprint density at radius 1 is 0.951 bits per heavy atom. The van der Waals surface area contributed by atoms with Crippen molar-refractivity contribution >= 4 is 33.2 Å². The van der Waals surface area contributed by atoms with Crippen LogP contribution in [-0.2, 0) is 32.6 Å². The van der Waals surface area contributed by atoms with Crippen molar-refractivity contribution in [2.45, 2.75) is 39.8 Å². The summed E-state index contributed by atoms with van der Waals surface area (Å²) in [5.41, 5.74) is 2.29. The molecule has 0 aromatic heterocycles. The van der Waals surface area contributed by atoms with Gasteiger partial charge in [0.25, 0.3) is 5.69 Å². The number of aryl methyl sites for hydroxylation is 1. The zero-order chi connectivity index (χ0) is 30.2. The number of hydrogen-bond donors (Lipinski definition) is 1. The average molecular weight is 581 g/mol. The van der Waals surface area contributed by atoms with E-state index in [1.54, 1.807) is 0 Å². The molecule has 10 nitrogen and oxygen atoms in total. The first kappa shape index (κ1) is 31.3. The van der Waals surface area contributed by atoms with Gasteiger partial charge in [0.15, 0.2) is 0 Å². The highest BCUT2D eigenvalue weighted by atomic mass is 32.2. The molecule has 0 saturated carbocycles. The van der Waals surface area contributed by atoms with Crippen LogP contribution in [0.1, 0.15) is 30.5 Å². The van der Waals surface area contributed by atoms with Crippen LogP contribution in [0.3, 0.4) is 0 Å². The topological polar surface area (TPSA) is 130 Å². The summed E-state index contributed by atoms with van der Waals surface area (Å²) in [7, 11) is -4.03. The number of amides is 2. The normalized spacial score (nSPS) is 12.0. The first-order chi connectivity index (χ1) is 19.3. The summed E-state index contributed by atoms with van der Waals surface area (Å²) in [6.07, 6.45) is 1.14. The van der Waals surface area contributed by atoms with E-state index in [4.69, 9.17) is 0 Å². The van der Waals surface area contributed by atoms with Gasteiger partial charge in [-0.2, -0.15) is 0 Å². The molecule has 3 rings (SSSR count). The Balaban J connectivity index is 2.06. The van der Waals surface area contributed by atoms with Gasteiger partial charge in [-0.3, -0.25) is 24.0 Å². The molecule has 2 amide bonds. The first-order valence-corrected chi connectivity index (χ1v) is 15.1. The maximum Gasteiger partial charge on any atom is 0.271 e. The molecule has 0 aliphatic carbocycles. The molecule has 0 heterocycles. The van der Waals surface area contributed by atoms with Crippen molar-refractivity contribution < 1.29 is 22.9 Å². The lowest BCUT2D eigenvalue weighted by Crippen LogP contribution is -2.53. The fraction of sp³-hybridized carbons (Fsp3) is 0.333. The third-order valence-electron chi connectivity index (χ3n) is 6.44. The summed E-state index contributed by atoms with van der Waals surface area (Å²) in [6.45, 7) is 5.68. The summed E-state index contributed by atoms with van der Waals surface area (Å²) >= 11 is 0. The largest absolute Gasteiger partial charge is 0.354 e. The molecular weight excluding hydrogens is 544 g/mol. The number of sulfonamides is 1. The number of nitro groups is 1. The molecule has 0 saturated heterocycles. The molecule has 11 heteroatoms. The molecule has 0 radical (unpaired) electrons. The van der Waals surface area contributed by atoms with Crippen molar-refractivity contribution in [3.63, 3.8) is 0 Å². The van der Waals surface area contributed by atoms with E-state index in [1.165, 1.54) is 23.1 Å². The summed E-state index contributed by atoms with van der Waals surface area (Å²) in [6, 6.07) is 20.9. The van der Waals surface area contributed by atoms with E-state index < -0.39 is 33.4 Å². The summed E-state index contributed by atoms with van der Waals surface area (Å²) in [4.78, 5) is 39.8. The van der Waals surface area contributed by atoms with E-state index >= 15 is 0 Å². The Morgan fingerprint density at radius 2 is 1.61 bits per heavy atom. The predicted octanol–water partition coefficient (Wildman–Crippen LogP) is 4.08. The number of non-ortho nitro benzene ring substituents is 1. The molecule has 0 fully saturated rings. The van der Waals surface area contributed by atoms with E-state index in [0.717, 1.165) is 33.3 Å². The Hall–Kier alpha value is -4.25. The van der Waals surface area contributed by atoms with Gasteiger partial charge in [-0.25, -0.2) is 8.42 Å². The molecule has 218 valence electrons. The van der Waals surface area contributed by atoms with Gasteiger partial charge in [-0.05, 0) is 30.0 Å². The van der Waals surface area contributed by atoms with E-state index in [-0.39, 0.29) is 36.2 Å². The van der Waals surface area contributed by atoms with Gasteiger partial charge in [0.1, 0.15) is 12.6 Å². The van der Waals surface area contributed by atoms with Crippen LogP contribution in [0.25, 0.3) is 0 Å². The van der Waals surface area contributed by atoms with Crippen LogP contribution in [0, 0.1) is 23.0 Å². The van der Waals surface area contributed by atoms with Crippen molar-refractivity contribution in [1.29, 1.82) is 0 Å². The number of carbonyl (C=O) groups is 2. The van der Waals surface area contributed by atoms with Gasteiger partial charge in [0.2, 0.25) is 21.8 Å². The predicted molar refractivity (Wildman–Crippen MR) is 159 cm³/mol. The van der Waals surface area contributed by atoms with Gasteiger partial charge in [-0.15, -0.1) is 0 Å². The third kappa shape index (κ3) is 9.14. The molecule has 0 bridgehead atoms. The summed E-state index contributed by atoms with van der Waals surface area (Å²) in [5.74, 6) is -0.806. The van der Waals surface area contributed by atoms with Gasteiger partial charge in [0.05, 0.1) is 16.9 Å². The molecule has 3 aromatic carbocycles. The van der Waals surface area contributed by atoms with Crippen molar-refractivity contribution in [2.24, 2.45) is 5.92 Å². The van der Waals surface area contributed by atoms with Gasteiger partial charge >= 0.3 is 0 Å². The van der Waals surface area contributed by atoms with E-state index in [0.29, 0.717) is 6.54 Å². The number of benzene rings is 3. The molecule has 0 aliphatic rings. The monoisotopic (exact) mass is 580 g/mol.